The molecule has 390 valence electrons. The molecule has 8 amide bonds. The van der Waals surface area contributed by atoms with E-state index in [0.717, 1.165) is 6.92 Å². The molecule has 0 bridgehead atoms. The van der Waals surface area contributed by atoms with Gasteiger partial charge in [-0.1, -0.05) is 39.8 Å². The first-order chi connectivity index (χ1) is 32.5. The van der Waals surface area contributed by atoms with Crippen LogP contribution in [0.25, 0.3) is 0 Å². The number of carbonyl (C=O) groups is 12. The Balaban J connectivity index is 3.59. The molecule has 0 radical (unpaired) electrons. The molecule has 27 nitrogen and oxygen atoms in total. The Kier molecular flexibility index (Phi) is 25.5. The summed E-state index contributed by atoms with van der Waals surface area (Å²) in [6.45, 7) is 7.02. The molecule has 0 aliphatic rings. The predicted molar refractivity (Wildman–Crippen MR) is 241 cm³/mol. The van der Waals surface area contributed by atoms with Crippen molar-refractivity contribution in [2.75, 3.05) is 0 Å². The molecule has 17 N–H and O–H groups in total. The Hall–Kier alpha value is -7.42. The summed E-state index contributed by atoms with van der Waals surface area (Å²) in [5.74, 6) is -15.8. The average Bonchev–Trinajstić information content (AvgIpc) is 3.26. The zero-order valence-corrected chi connectivity index (χ0v) is 39.3. The van der Waals surface area contributed by atoms with E-state index in [0.29, 0.717) is 5.56 Å². The molecule has 1 aromatic carbocycles. The summed E-state index contributed by atoms with van der Waals surface area (Å²) in [6, 6.07) is -7.75. The summed E-state index contributed by atoms with van der Waals surface area (Å²) in [7, 11) is 0. The van der Waals surface area contributed by atoms with E-state index in [4.69, 9.17) is 16.6 Å². The molecule has 0 unspecified atom stereocenters. The molecule has 0 spiro atoms. The average molecular weight is 996 g/mol. The van der Waals surface area contributed by atoms with Crippen LogP contribution < -0.4 is 48.7 Å². The molecule has 0 fully saturated rings. The van der Waals surface area contributed by atoms with Crippen molar-refractivity contribution in [1.82, 2.24) is 37.2 Å². The largest absolute Gasteiger partial charge is 0.508 e. The molecule has 0 saturated carbocycles. The number of aliphatic hydroxyl groups excluding tert-OH is 1. The minimum Gasteiger partial charge on any atom is -0.508 e. The topological polar surface area (TPSA) is 462 Å². The molecule has 0 heterocycles. The highest BCUT2D eigenvalue weighted by atomic mass is 16.4. The number of aliphatic hydroxyl groups is 1. The molecule has 0 aliphatic carbocycles. The van der Waals surface area contributed by atoms with Gasteiger partial charge in [-0.05, 0) is 62.1 Å². The summed E-state index contributed by atoms with van der Waals surface area (Å²) in [6.07, 6.45) is -6.44. The first-order valence-electron chi connectivity index (χ1n) is 22.0. The smallest absolute Gasteiger partial charge is 0.326 e. The van der Waals surface area contributed by atoms with Crippen LogP contribution in [0.3, 0.4) is 0 Å². The van der Waals surface area contributed by atoms with Crippen LogP contribution in [-0.4, -0.2) is 156 Å². The maximum absolute atomic E-state index is 14.2. The van der Waals surface area contributed by atoms with Crippen molar-refractivity contribution in [2.45, 2.75) is 147 Å². The van der Waals surface area contributed by atoms with Crippen LogP contribution in [0.1, 0.15) is 91.5 Å². The third-order valence-electron chi connectivity index (χ3n) is 10.4. The standard InChI is InChI=1S/C43H65N9O18/c1-19(2)33(41(67)48-27(13-17-32(60)61)39(65)52-35(21(5)53)42(68)51-34(20(3)4)43(69)70)50-40(66)28(18-22-6-8-23(54)9-7-22)49-38(64)26(12-16-31(58)59)47-37(63)25(11-14-29(45)55)46-36(62)24(44)10-15-30(56)57/h6-9,19-21,24-28,33-35,53-54H,10-18,44H2,1-5H3,(H2,45,55)(H,46,62)(H,47,63)(H,48,67)(H,49,64)(H,50,66)(H,51,68)(H,52,65)(H,56,57)(H,58,59)(H,60,61)(H,69,70)/t21-,24+,25+,26+,27+,28+,33+,34+,35+/m1/s1. The van der Waals surface area contributed by atoms with Crippen LogP contribution in [0.5, 0.6) is 5.75 Å². The highest BCUT2D eigenvalue weighted by molar-refractivity contribution is 5.98. The van der Waals surface area contributed by atoms with E-state index >= 15 is 0 Å². The fraction of sp³-hybridized carbons (Fsp3) is 0.581. The van der Waals surface area contributed by atoms with Gasteiger partial charge >= 0.3 is 23.9 Å². The number of aromatic hydroxyl groups is 1. The molecular weight excluding hydrogens is 931 g/mol. The highest BCUT2D eigenvalue weighted by Gasteiger charge is 2.37. The Morgan fingerprint density at radius 1 is 0.471 bits per heavy atom. The normalized spacial score (nSPS) is 14.9. The van der Waals surface area contributed by atoms with E-state index in [2.05, 4.69) is 37.2 Å². The van der Waals surface area contributed by atoms with Gasteiger partial charge in [-0.2, -0.15) is 0 Å². The first kappa shape index (κ1) is 60.6. The van der Waals surface area contributed by atoms with Crippen LogP contribution >= 0.6 is 0 Å². The second-order valence-electron chi connectivity index (χ2n) is 17.0. The van der Waals surface area contributed by atoms with Gasteiger partial charge in [0.05, 0.1) is 12.1 Å². The molecule has 0 saturated heterocycles. The van der Waals surface area contributed by atoms with Crippen LogP contribution in [-0.2, 0) is 64.0 Å². The number of hydrogen-bond donors (Lipinski definition) is 15. The lowest BCUT2D eigenvalue weighted by Crippen LogP contribution is -2.62. The van der Waals surface area contributed by atoms with Gasteiger partial charge < -0.3 is 79.3 Å². The molecule has 70 heavy (non-hydrogen) atoms. The number of phenols is 1. The maximum atomic E-state index is 14.2. The summed E-state index contributed by atoms with van der Waals surface area (Å²) >= 11 is 0. The Bertz CT molecular complexity index is 2050. The monoisotopic (exact) mass is 995 g/mol. The van der Waals surface area contributed by atoms with Crippen molar-refractivity contribution in [1.29, 1.82) is 0 Å². The van der Waals surface area contributed by atoms with Gasteiger partial charge in [0.15, 0.2) is 0 Å². The van der Waals surface area contributed by atoms with Gasteiger partial charge in [0.1, 0.15) is 48.0 Å². The quantitative estimate of drug-likeness (QED) is 0.0330. The van der Waals surface area contributed by atoms with Crippen molar-refractivity contribution in [3.05, 3.63) is 29.8 Å². The number of benzene rings is 1. The van der Waals surface area contributed by atoms with E-state index in [1.54, 1.807) is 0 Å². The summed E-state index contributed by atoms with van der Waals surface area (Å²) < 4.78 is 0. The lowest BCUT2D eigenvalue weighted by molar-refractivity contribution is -0.144. The lowest BCUT2D eigenvalue weighted by Gasteiger charge is -2.29. The molecule has 0 aromatic heterocycles. The highest BCUT2D eigenvalue weighted by Crippen LogP contribution is 2.14. The van der Waals surface area contributed by atoms with Crippen LogP contribution in [0.2, 0.25) is 0 Å². The number of carboxylic acids is 4. The number of rotatable bonds is 32. The van der Waals surface area contributed by atoms with E-state index < -0.39 is 182 Å². The number of phenolic OH excluding ortho intramolecular Hbond substituents is 1. The number of primary amides is 1. The molecular formula is C43H65N9O18. The fourth-order valence-corrected chi connectivity index (χ4v) is 6.41. The van der Waals surface area contributed by atoms with Crippen molar-refractivity contribution in [2.24, 2.45) is 23.3 Å². The summed E-state index contributed by atoms with van der Waals surface area (Å²) in [5, 5.41) is 73.8. The molecule has 27 heteroatoms. The third kappa shape index (κ3) is 22.1. The molecule has 0 aliphatic heterocycles. The van der Waals surface area contributed by atoms with Gasteiger partial charge in [0, 0.05) is 32.1 Å². The minimum atomic E-state index is -1.79. The predicted octanol–water partition coefficient (Wildman–Crippen LogP) is -3.71. The molecule has 1 aromatic rings. The third-order valence-corrected chi connectivity index (χ3v) is 10.4. The minimum absolute atomic E-state index is 0.176. The Labute approximate surface area is 401 Å². The lowest BCUT2D eigenvalue weighted by atomic mass is 9.99. The van der Waals surface area contributed by atoms with Gasteiger partial charge in [0.25, 0.3) is 0 Å². The Morgan fingerprint density at radius 3 is 1.26 bits per heavy atom. The van der Waals surface area contributed by atoms with Crippen LogP contribution in [0.15, 0.2) is 24.3 Å². The van der Waals surface area contributed by atoms with Crippen LogP contribution in [0, 0.1) is 11.8 Å². The van der Waals surface area contributed by atoms with Crippen molar-refractivity contribution >= 4 is 71.1 Å². The van der Waals surface area contributed by atoms with E-state index in [-0.39, 0.29) is 18.6 Å². The van der Waals surface area contributed by atoms with Gasteiger partial charge in [-0.3, -0.25) is 52.7 Å². The maximum Gasteiger partial charge on any atom is 0.326 e. The summed E-state index contributed by atoms with van der Waals surface area (Å²) in [4.78, 5) is 153. The number of nitrogens with one attached hydrogen (secondary N) is 7. The zero-order chi connectivity index (χ0) is 53.6. The van der Waals surface area contributed by atoms with Crippen LogP contribution in [0.4, 0.5) is 0 Å². The van der Waals surface area contributed by atoms with Crippen molar-refractivity contribution in [3.63, 3.8) is 0 Å². The number of nitrogens with two attached hydrogens (primary N) is 2. The van der Waals surface area contributed by atoms with Crippen molar-refractivity contribution < 1.29 is 88.2 Å². The Morgan fingerprint density at radius 2 is 0.829 bits per heavy atom. The first-order valence-corrected chi connectivity index (χ1v) is 22.0. The van der Waals surface area contributed by atoms with E-state index in [9.17, 15) is 83.1 Å². The second-order valence-corrected chi connectivity index (χ2v) is 17.0. The van der Waals surface area contributed by atoms with Gasteiger partial charge in [-0.25, -0.2) is 4.79 Å². The van der Waals surface area contributed by atoms with E-state index in [1.165, 1.54) is 52.0 Å². The van der Waals surface area contributed by atoms with Crippen molar-refractivity contribution in [3.8, 4) is 5.75 Å². The fourth-order valence-electron chi connectivity index (χ4n) is 6.41. The second kappa shape index (κ2) is 29.5. The number of aliphatic carboxylic acids is 4. The number of carbonyl (C=O) groups excluding carboxylic acids is 8. The molecule has 1 rings (SSSR count). The number of carboxylic acid groups (broad SMARTS) is 4. The SMILES string of the molecule is CC(C)[C@H](NC(=O)[C@@H](NC(=O)[C@H](CCC(=O)O)NC(=O)[C@@H](NC(=O)[C@H](Cc1ccc(O)cc1)NC(=O)[C@H](CCC(=O)O)NC(=O)[C@H](CCC(N)=O)NC(=O)[C@@H](N)CCC(=O)O)C(C)C)[C@@H](C)O)C(=O)O. The molecule has 9 atom stereocenters. The van der Waals surface area contributed by atoms with Gasteiger partial charge in [-0.15, -0.1) is 0 Å². The summed E-state index contributed by atoms with van der Waals surface area (Å²) in [5.41, 5.74) is 11.3. The van der Waals surface area contributed by atoms with Gasteiger partial charge in [0.2, 0.25) is 47.3 Å². The number of hydrogen-bond acceptors (Lipinski definition) is 15. The number of amides is 8. The van der Waals surface area contributed by atoms with E-state index in [1.807, 2.05) is 0 Å². The zero-order valence-electron chi connectivity index (χ0n) is 39.3.